The normalized spacial score (nSPS) is 22.1. The van der Waals surface area contributed by atoms with Crippen molar-refractivity contribution in [2.75, 3.05) is 0 Å². The first-order valence-electron chi connectivity index (χ1n) is 5.99. The number of hydrogen-bond acceptors (Lipinski definition) is 3. The third-order valence-corrected chi connectivity index (χ3v) is 4.65. The van der Waals surface area contributed by atoms with Crippen LogP contribution in [-0.4, -0.2) is 25.5 Å². The molecule has 108 valence electrons. The van der Waals surface area contributed by atoms with Crippen LogP contribution in [0, 0.1) is 18.7 Å². The monoisotopic (exact) mass is 299 g/mol. The van der Waals surface area contributed by atoms with Gasteiger partial charge in [0, 0.05) is 6.04 Å². The van der Waals surface area contributed by atoms with Crippen molar-refractivity contribution in [3.8, 4) is 0 Å². The summed E-state index contributed by atoms with van der Waals surface area (Å²) < 4.78 is 39.9. The Balaban J connectivity index is 2.14. The van der Waals surface area contributed by atoms with Gasteiger partial charge in [0.15, 0.2) is 0 Å². The highest BCUT2D eigenvalue weighted by Crippen LogP contribution is 2.21. The lowest BCUT2D eigenvalue weighted by Crippen LogP contribution is -2.33. The zero-order chi connectivity index (χ0) is 14.9. The Morgan fingerprint density at radius 2 is 2.10 bits per heavy atom. The third kappa shape index (κ3) is 3.05. The first-order valence-corrected chi connectivity index (χ1v) is 7.47. The van der Waals surface area contributed by atoms with Gasteiger partial charge in [-0.1, -0.05) is 18.2 Å². The van der Waals surface area contributed by atoms with Crippen molar-refractivity contribution in [3.63, 3.8) is 0 Å². The number of aliphatic carboxylic acids is 1. The minimum Gasteiger partial charge on any atom is -0.481 e. The van der Waals surface area contributed by atoms with E-state index in [2.05, 4.69) is 4.72 Å². The van der Waals surface area contributed by atoms with Crippen LogP contribution >= 0.6 is 0 Å². The number of sulfonamides is 1. The highest BCUT2D eigenvalue weighted by Gasteiger charge is 2.28. The number of rotatable bonds is 4. The van der Waals surface area contributed by atoms with Crippen LogP contribution in [-0.2, 0) is 14.8 Å². The number of aryl methyl sites for hydroxylation is 1. The molecule has 1 aromatic rings. The molecule has 2 rings (SSSR count). The van der Waals surface area contributed by atoms with Gasteiger partial charge in [-0.05, 0) is 31.0 Å². The van der Waals surface area contributed by atoms with E-state index in [0.29, 0.717) is 5.56 Å². The molecule has 0 fully saturated rings. The van der Waals surface area contributed by atoms with Crippen molar-refractivity contribution in [1.29, 1.82) is 0 Å². The van der Waals surface area contributed by atoms with Crippen LogP contribution in [0.15, 0.2) is 35.2 Å². The van der Waals surface area contributed by atoms with E-state index < -0.39 is 33.8 Å². The van der Waals surface area contributed by atoms with Gasteiger partial charge in [-0.3, -0.25) is 4.79 Å². The first-order chi connectivity index (χ1) is 9.29. The SMILES string of the molecule is Cc1ccc(S(=O)(=O)NC2C=CC(C(=O)O)C2)cc1F. The molecular formula is C13H14FNO4S. The van der Waals surface area contributed by atoms with Crippen molar-refractivity contribution in [3.05, 3.63) is 41.7 Å². The average molecular weight is 299 g/mol. The van der Waals surface area contributed by atoms with E-state index in [0.717, 1.165) is 6.07 Å². The fourth-order valence-corrected chi connectivity index (χ4v) is 3.19. The average Bonchev–Trinajstić information content (AvgIpc) is 2.80. The van der Waals surface area contributed by atoms with E-state index in [1.54, 1.807) is 0 Å². The molecule has 0 saturated carbocycles. The number of halogens is 1. The van der Waals surface area contributed by atoms with Gasteiger partial charge in [0.1, 0.15) is 5.82 Å². The molecule has 7 heteroatoms. The smallest absolute Gasteiger partial charge is 0.310 e. The fraction of sp³-hybridized carbons (Fsp3) is 0.308. The van der Waals surface area contributed by atoms with Crippen molar-refractivity contribution < 1.29 is 22.7 Å². The summed E-state index contributed by atoms with van der Waals surface area (Å²) in [5.41, 5.74) is 0.357. The predicted octanol–water partition coefficient (Wildman–Crippen LogP) is 1.44. The third-order valence-electron chi connectivity index (χ3n) is 3.16. The summed E-state index contributed by atoms with van der Waals surface area (Å²) >= 11 is 0. The number of benzene rings is 1. The van der Waals surface area contributed by atoms with E-state index >= 15 is 0 Å². The highest BCUT2D eigenvalue weighted by molar-refractivity contribution is 7.89. The Bertz CT molecular complexity index is 669. The van der Waals surface area contributed by atoms with Crippen LogP contribution < -0.4 is 4.72 Å². The summed E-state index contributed by atoms with van der Waals surface area (Å²) in [4.78, 5) is 10.6. The Morgan fingerprint density at radius 1 is 1.40 bits per heavy atom. The zero-order valence-corrected chi connectivity index (χ0v) is 11.5. The van der Waals surface area contributed by atoms with Crippen LogP contribution in [0.5, 0.6) is 0 Å². The van der Waals surface area contributed by atoms with E-state index in [1.807, 2.05) is 0 Å². The molecule has 2 N–H and O–H groups in total. The molecule has 0 amide bonds. The molecule has 2 atom stereocenters. The van der Waals surface area contributed by atoms with E-state index in [-0.39, 0.29) is 11.3 Å². The Kier molecular flexibility index (Phi) is 3.92. The molecule has 2 unspecified atom stereocenters. The fourth-order valence-electron chi connectivity index (χ4n) is 1.98. The quantitative estimate of drug-likeness (QED) is 0.824. The second-order valence-corrected chi connectivity index (χ2v) is 6.42. The highest BCUT2D eigenvalue weighted by atomic mass is 32.2. The van der Waals surface area contributed by atoms with Crippen molar-refractivity contribution in [1.82, 2.24) is 4.72 Å². The van der Waals surface area contributed by atoms with Crippen LogP contribution in [0.2, 0.25) is 0 Å². The van der Waals surface area contributed by atoms with Crippen molar-refractivity contribution >= 4 is 16.0 Å². The van der Waals surface area contributed by atoms with Crippen LogP contribution in [0.25, 0.3) is 0 Å². The summed E-state index contributed by atoms with van der Waals surface area (Å²) in [7, 11) is -3.87. The standard InChI is InChI=1S/C13H14FNO4S/c1-8-2-5-11(7-12(8)14)20(18,19)15-10-4-3-9(6-10)13(16)17/h2-5,7,9-10,15H,6H2,1H3,(H,16,17). The molecule has 0 saturated heterocycles. The Labute approximate surface area is 116 Å². The molecule has 0 radical (unpaired) electrons. The minimum atomic E-state index is -3.87. The molecule has 1 aliphatic carbocycles. The lowest BCUT2D eigenvalue weighted by molar-refractivity contribution is -0.140. The molecule has 0 bridgehead atoms. The van der Waals surface area contributed by atoms with Crippen molar-refractivity contribution in [2.45, 2.75) is 24.3 Å². The number of carboxylic acids is 1. The van der Waals surface area contributed by atoms with Crippen LogP contribution in [0.3, 0.4) is 0 Å². The number of hydrogen-bond donors (Lipinski definition) is 2. The maximum atomic E-state index is 13.4. The van der Waals surface area contributed by atoms with E-state index in [9.17, 15) is 17.6 Å². The van der Waals surface area contributed by atoms with Gasteiger partial charge in [-0.15, -0.1) is 0 Å². The number of nitrogens with one attached hydrogen (secondary N) is 1. The van der Waals surface area contributed by atoms with Gasteiger partial charge in [-0.25, -0.2) is 17.5 Å². The largest absolute Gasteiger partial charge is 0.481 e. The maximum Gasteiger partial charge on any atom is 0.310 e. The van der Waals surface area contributed by atoms with Crippen molar-refractivity contribution in [2.24, 2.45) is 5.92 Å². The second-order valence-electron chi connectivity index (χ2n) is 4.70. The Morgan fingerprint density at radius 3 is 2.65 bits per heavy atom. The zero-order valence-electron chi connectivity index (χ0n) is 10.7. The summed E-state index contributed by atoms with van der Waals surface area (Å²) in [6.45, 7) is 1.54. The maximum absolute atomic E-state index is 13.4. The van der Waals surface area contributed by atoms with Crippen LogP contribution in [0.4, 0.5) is 4.39 Å². The number of carbonyl (C=O) groups is 1. The molecule has 1 aliphatic rings. The second kappa shape index (κ2) is 5.34. The summed E-state index contributed by atoms with van der Waals surface area (Å²) in [6.07, 6.45) is 3.11. The molecule has 1 aromatic carbocycles. The first kappa shape index (κ1) is 14.7. The van der Waals surface area contributed by atoms with Gasteiger partial charge >= 0.3 is 5.97 Å². The van der Waals surface area contributed by atoms with Gasteiger partial charge in [0.05, 0.1) is 10.8 Å². The lowest BCUT2D eigenvalue weighted by Gasteiger charge is -2.13. The van der Waals surface area contributed by atoms with E-state index in [1.165, 1.54) is 31.2 Å². The predicted molar refractivity (Wildman–Crippen MR) is 70.1 cm³/mol. The molecule has 20 heavy (non-hydrogen) atoms. The van der Waals surface area contributed by atoms with Crippen LogP contribution in [0.1, 0.15) is 12.0 Å². The summed E-state index contributed by atoms with van der Waals surface area (Å²) in [5.74, 6) is -2.29. The molecule has 0 aromatic heterocycles. The van der Waals surface area contributed by atoms with Gasteiger partial charge in [0.2, 0.25) is 10.0 Å². The lowest BCUT2D eigenvalue weighted by atomic mass is 10.1. The molecular weight excluding hydrogens is 285 g/mol. The van der Waals surface area contributed by atoms with E-state index in [4.69, 9.17) is 5.11 Å². The number of carboxylic acid groups (broad SMARTS) is 1. The Hall–Kier alpha value is -1.73. The minimum absolute atomic E-state index is 0.156. The summed E-state index contributed by atoms with van der Waals surface area (Å²) in [6, 6.07) is 3.05. The van der Waals surface area contributed by atoms with Gasteiger partial charge < -0.3 is 5.11 Å². The molecule has 0 heterocycles. The van der Waals surface area contributed by atoms with Gasteiger partial charge in [0.25, 0.3) is 0 Å². The molecule has 0 spiro atoms. The summed E-state index contributed by atoms with van der Waals surface area (Å²) in [5, 5.41) is 8.84. The molecule has 0 aliphatic heterocycles. The van der Waals surface area contributed by atoms with Gasteiger partial charge in [-0.2, -0.15) is 0 Å². The molecule has 5 nitrogen and oxygen atoms in total. The topological polar surface area (TPSA) is 83.5 Å².